The molecule has 1 heterocycles. The lowest BCUT2D eigenvalue weighted by molar-refractivity contribution is 0.656. The fourth-order valence-corrected chi connectivity index (χ4v) is 5.28. The molecular weight excluding hydrogens is 504 g/mol. The van der Waals surface area contributed by atoms with Crippen LogP contribution >= 0.6 is 0 Å². The van der Waals surface area contributed by atoms with Crippen molar-refractivity contribution in [2.75, 3.05) is 21.7 Å². The highest BCUT2D eigenvalue weighted by molar-refractivity contribution is 5.74. The van der Waals surface area contributed by atoms with Gasteiger partial charge in [-0.3, -0.25) is 9.80 Å². The van der Waals surface area contributed by atoms with Crippen molar-refractivity contribution in [3.05, 3.63) is 139 Å². The first-order chi connectivity index (χ1) is 20.2. The molecule has 0 aliphatic heterocycles. The largest absolute Gasteiger partial charge is 0.317 e. The van der Waals surface area contributed by atoms with Gasteiger partial charge in [0.05, 0.1) is 0 Å². The van der Waals surface area contributed by atoms with Crippen molar-refractivity contribution in [3.63, 3.8) is 0 Å². The molecule has 0 bridgehead atoms. The van der Waals surface area contributed by atoms with E-state index in [-0.39, 0.29) is 0 Å². The van der Waals surface area contributed by atoms with Crippen molar-refractivity contribution in [2.45, 2.75) is 26.2 Å². The molecule has 6 rings (SSSR count). The molecule has 0 N–H and O–H groups in total. The van der Waals surface area contributed by atoms with Crippen molar-refractivity contribution in [1.82, 2.24) is 15.0 Å². The van der Waals surface area contributed by atoms with Crippen LogP contribution in [0, 0.1) is 5.92 Å². The number of hydrogen-bond donors (Lipinski definition) is 0. The van der Waals surface area contributed by atoms with Crippen LogP contribution in [0.2, 0.25) is 0 Å². The zero-order valence-electron chi connectivity index (χ0n) is 23.5. The van der Waals surface area contributed by atoms with Gasteiger partial charge in [-0.05, 0) is 73.7 Å². The summed E-state index contributed by atoms with van der Waals surface area (Å²) >= 11 is 0. The zero-order chi connectivity index (χ0) is 28.0. The summed E-state index contributed by atoms with van der Waals surface area (Å²) in [6.07, 6.45) is 15.8. The van der Waals surface area contributed by atoms with E-state index in [0.717, 1.165) is 42.0 Å². The van der Waals surface area contributed by atoms with Gasteiger partial charge in [0, 0.05) is 35.5 Å². The van der Waals surface area contributed by atoms with Gasteiger partial charge in [-0.15, -0.1) is 0 Å². The maximum absolute atomic E-state index is 5.19. The first-order valence-electron chi connectivity index (χ1n) is 14.2. The highest BCUT2D eigenvalue weighted by atomic mass is 15.4. The van der Waals surface area contributed by atoms with Crippen LogP contribution < -0.4 is 14.7 Å². The molecule has 6 heteroatoms. The van der Waals surface area contributed by atoms with E-state index >= 15 is 0 Å². The summed E-state index contributed by atoms with van der Waals surface area (Å²) < 4.78 is 0. The normalized spacial score (nSPS) is 16.1. The first-order valence-corrected chi connectivity index (χ1v) is 14.2. The number of rotatable bonds is 8. The van der Waals surface area contributed by atoms with Crippen molar-refractivity contribution >= 4 is 34.9 Å². The zero-order valence-corrected chi connectivity index (χ0v) is 23.5. The molecule has 1 unspecified atom stereocenters. The molecule has 204 valence electrons. The highest BCUT2D eigenvalue weighted by Gasteiger charge is 2.26. The van der Waals surface area contributed by atoms with Gasteiger partial charge in [-0.1, -0.05) is 85.8 Å². The van der Waals surface area contributed by atoms with Gasteiger partial charge < -0.3 is 4.90 Å². The van der Waals surface area contributed by atoms with Gasteiger partial charge in [0.2, 0.25) is 17.8 Å². The fourth-order valence-electron chi connectivity index (χ4n) is 5.28. The Morgan fingerprint density at radius 2 is 1.12 bits per heavy atom. The van der Waals surface area contributed by atoms with Crippen LogP contribution in [0.4, 0.5) is 34.9 Å². The molecule has 1 atom stereocenters. The third kappa shape index (κ3) is 5.68. The van der Waals surface area contributed by atoms with Gasteiger partial charge in [0.1, 0.15) is 0 Å². The average Bonchev–Trinajstić information content (AvgIpc) is 3.03. The molecule has 2 aliphatic rings. The summed E-state index contributed by atoms with van der Waals surface area (Å²) in [4.78, 5) is 21.8. The van der Waals surface area contributed by atoms with Gasteiger partial charge in [0.25, 0.3) is 0 Å². The monoisotopic (exact) mass is 538 g/mol. The van der Waals surface area contributed by atoms with Crippen LogP contribution in [0.1, 0.15) is 26.2 Å². The predicted molar refractivity (Wildman–Crippen MR) is 169 cm³/mol. The summed E-state index contributed by atoms with van der Waals surface area (Å²) in [6.45, 7) is 2.24. The number of anilines is 6. The van der Waals surface area contributed by atoms with Crippen LogP contribution in [-0.4, -0.2) is 22.0 Å². The number of allylic oxidation sites excluding steroid dienone is 8. The molecule has 0 saturated heterocycles. The smallest absolute Gasteiger partial charge is 0.241 e. The van der Waals surface area contributed by atoms with Crippen LogP contribution in [0.3, 0.4) is 0 Å². The minimum Gasteiger partial charge on any atom is -0.317 e. The number of aromatic nitrogens is 3. The van der Waals surface area contributed by atoms with Crippen molar-refractivity contribution in [2.24, 2.45) is 5.92 Å². The lowest BCUT2D eigenvalue weighted by Gasteiger charge is -2.31. The SMILES string of the molecule is CC1CC=CC=C1N(C)c1nc(N(C2=CC=CCC2)c2ccccc2)nc(N(c2ccccc2)c2ccccc2)n1. The Hall–Kier alpha value is -4.97. The maximum Gasteiger partial charge on any atom is 0.241 e. The molecule has 0 spiro atoms. The molecule has 2 aliphatic carbocycles. The maximum atomic E-state index is 5.19. The van der Waals surface area contributed by atoms with Crippen LogP contribution in [0.25, 0.3) is 0 Å². The van der Waals surface area contributed by atoms with E-state index < -0.39 is 0 Å². The summed E-state index contributed by atoms with van der Waals surface area (Å²) in [6, 6.07) is 30.9. The Morgan fingerprint density at radius 1 is 0.610 bits per heavy atom. The summed E-state index contributed by atoms with van der Waals surface area (Å²) in [5, 5.41) is 0. The number of benzene rings is 3. The third-order valence-electron chi connectivity index (χ3n) is 7.41. The number of hydrogen-bond acceptors (Lipinski definition) is 6. The Bertz CT molecular complexity index is 1550. The van der Waals surface area contributed by atoms with Crippen LogP contribution in [-0.2, 0) is 0 Å². The van der Waals surface area contributed by atoms with E-state index in [9.17, 15) is 0 Å². The van der Waals surface area contributed by atoms with Gasteiger partial charge in [-0.25, -0.2) is 0 Å². The van der Waals surface area contributed by atoms with E-state index in [1.807, 2.05) is 42.5 Å². The predicted octanol–water partition coefficient (Wildman–Crippen LogP) is 8.63. The van der Waals surface area contributed by atoms with E-state index in [4.69, 9.17) is 15.0 Å². The molecule has 0 fully saturated rings. The third-order valence-corrected chi connectivity index (χ3v) is 7.41. The standard InChI is InChI=1S/C35H34N6/c1-27-17-15-16-26-32(27)39(2)33-36-34(40(28-18-7-3-8-19-28)29-20-9-4-10-21-29)38-35(37-33)41(30-22-11-5-12-23-30)31-24-13-6-14-25-31/h3-13,15-16,18-24,26-27H,14,17,25H2,1-2H3. The molecule has 6 nitrogen and oxygen atoms in total. The van der Waals surface area contributed by atoms with Gasteiger partial charge in [-0.2, -0.15) is 15.0 Å². The van der Waals surface area contributed by atoms with E-state index in [1.54, 1.807) is 0 Å². The van der Waals surface area contributed by atoms with Crippen LogP contribution in [0.5, 0.6) is 0 Å². The Balaban J connectivity index is 1.58. The molecule has 0 amide bonds. The minimum absolute atomic E-state index is 0.351. The topological polar surface area (TPSA) is 48.4 Å². The van der Waals surface area contributed by atoms with Crippen molar-refractivity contribution < 1.29 is 0 Å². The second kappa shape index (κ2) is 12.0. The Kier molecular flexibility index (Phi) is 7.72. The van der Waals surface area contributed by atoms with Gasteiger partial charge >= 0.3 is 0 Å². The highest BCUT2D eigenvalue weighted by Crippen LogP contribution is 2.37. The minimum atomic E-state index is 0.351. The molecule has 0 radical (unpaired) electrons. The lowest BCUT2D eigenvalue weighted by Crippen LogP contribution is -2.28. The summed E-state index contributed by atoms with van der Waals surface area (Å²) in [7, 11) is 2.05. The average molecular weight is 539 g/mol. The molecule has 1 aromatic heterocycles. The quantitative estimate of drug-likeness (QED) is 0.224. The molecule has 3 aromatic carbocycles. The number of para-hydroxylation sites is 3. The van der Waals surface area contributed by atoms with Crippen molar-refractivity contribution in [3.8, 4) is 0 Å². The second-order valence-electron chi connectivity index (χ2n) is 10.3. The number of nitrogens with zero attached hydrogens (tertiary/aromatic N) is 6. The van der Waals surface area contributed by atoms with E-state index in [1.165, 1.54) is 5.70 Å². The Morgan fingerprint density at radius 3 is 1.66 bits per heavy atom. The van der Waals surface area contributed by atoms with E-state index in [2.05, 4.69) is 114 Å². The molecular formula is C35H34N6. The van der Waals surface area contributed by atoms with Gasteiger partial charge in [0.15, 0.2) is 0 Å². The molecule has 0 saturated carbocycles. The van der Waals surface area contributed by atoms with Crippen LogP contribution in [0.15, 0.2) is 139 Å². The second-order valence-corrected chi connectivity index (χ2v) is 10.3. The summed E-state index contributed by atoms with van der Waals surface area (Å²) in [5.41, 5.74) is 5.28. The molecule has 41 heavy (non-hydrogen) atoms. The summed E-state index contributed by atoms with van der Waals surface area (Å²) in [5.74, 6) is 2.09. The molecule has 4 aromatic rings. The van der Waals surface area contributed by atoms with Crippen molar-refractivity contribution in [1.29, 1.82) is 0 Å². The Labute approximate surface area is 242 Å². The lowest BCUT2D eigenvalue weighted by atomic mass is 9.98. The fraction of sp³-hybridized carbons (Fsp3) is 0.171. The first kappa shape index (κ1) is 26.3. The van der Waals surface area contributed by atoms with E-state index in [0.29, 0.717) is 23.8 Å².